The van der Waals surface area contributed by atoms with Gasteiger partial charge >= 0.3 is 5.97 Å². The number of aryl methyl sites for hydroxylation is 1. The van der Waals surface area contributed by atoms with Gasteiger partial charge in [-0.1, -0.05) is 72.8 Å². The molecular formula is C40H42N4O8S. The fourth-order valence-electron chi connectivity index (χ4n) is 6.78. The van der Waals surface area contributed by atoms with Crippen LogP contribution in [0, 0.1) is 0 Å². The molecule has 1 amide bonds. The molecule has 1 atom stereocenters. The van der Waals surface area contributed by atoms with Crippen molar-refractivity contribution >= 4 is 32.8 Å². The predicted octanol–water partition coefficient (Wildman–Crippen LogP) is 3.98. The van der Waals surface area contributed by atoms with Crippen LogP contribution in [0.4, 0.5) is 0 Å². The molecule has 53 heavy (non-hydrogen) atoms. The summed E-state index contributed by atoms with van der Waals surface area (Å²) in [5, 5.41) is 34.7. The highest BCUT2D eigenvalue weighted by Gasteiger charge is 2.44. The second-order valence-electron chi connectivity index (χ2n) is 13.4. The summed E-state index contributed by atoms with van der Waals surface area (Å²) in [7, 11) is -3.59. The monoisotopic (exact) mass is 738 g/mol. The first-order valence-electron chi connectivity index (χ1n) is 17.4. The molecule has 0 bridgehead atoms. The number of aromatic hydroxyl groups is 1. The number of carbonyl (C=O) groups is 2. The van der Waals surface area contributed by atoms with Crippen molar-refractivity contribution in [3.8, 4) is 5.75 Å². The Hall–Kier alpha value is -5.34. The van der Waals surface area contributed by atoms with Crippen LogP contribution in [0.3, 0.4) is 0 Å². The number of phenolic OH excluding ortho intramolecular Hbond substituents is 1. The summed E-state index contributed by atoms with van der Waals surface area (Å²) in [4.78, 5) is 41.4. The van der Waals surface area contributed by atoms with Crippen LogP contribution in [-0.2, 0) is 39.7 Å². The number of likely N-dealkylation sites (tertiary alicyclic amines) is 1. The number of amides is 1. The zero-order valence-corrected chi connectivity index (χ0v) is 29.8. The van der Waals surface area contributed by atoms with E-state index in [-0.39, 0.29) is 41.6 Å². The van der Waals surface area contributed by atoms with E-state index in [1.165, 1.54) is 12.1 Å². The summed E-state index contributed by atoms with van der Waals surface area (Å²) in [5.41, 5.74) is 3.18. The van der Waals surface area contributed by atoms with Gasteiger partial charge in [0.05, 0.1) is 22.8 Å². The summed E-state index contributed by atoms with van der Waals surface area (Å²) in [5.74, 6) is -1.25. The van der Waals surface area contributed by atoms with Crippen LogP contribution in [0.15, 0.2) is 108 Å². The Morgan fingerprint density at radius 1 is 0.830 bits per heavy atom. The van der Waals surface area contributed by atoms with Gasteiger partial charge in [-0.2, -0.15) is 0 Å². The Balaban J connectivity index is 0.936. The minimum atomic E-state index is -3.59. The van der Waals surface area contributed by atoms with E-state index in [0.717, 1.165) is 16.7 Å². The van der Waals surface area contributed by atoms with Crippen LogP contribution in [-0.4, -0.2) is 70.9 Å². The number of phenols is 1. The maximum atomic E-state index is 13.2. The normalized spacial score (nSPS) is 14.9. The van der Waals surface area contributed by atoms with Gasteiger partial charge in [0.25, 0.3) is 5.91 Å². The molecule has 0 saturated carbocycles. The summed E-state index contributed by atoms with van der Waals surface area (Å²) in [6, 6.07) is 29.4. The predicted molar refractivity (Wildman–Crippen MR) is 201 cm³/mol. The van der Waals surface area contributed by atoms with E-state index in [2.05, 4.69) is 15.0 Å². The number of pyridine rings is 1. The number of aliphatic carboxylic acids is 1. The standard InChI is InChI=1S/C40H42N4O8S/c45-34-16-14-32(33-15-17-36(47)43-37(33)34)35(46)26-41-24-28-8-6-27(7-9-28)18-23-53(51,52)42-25-29-10-12-30(13-11-29)38(48)44-21-19-40(20-22-44,39(49)50)31-4-2-1-3-5-31/h1-17,35,41-42,45-46H,18-26H2,(H,43,47)(H,49,50)/t35-/m0/s1. The molecule has 0 spiro atoms. The van der Waals surface area contributed by atoms with Crippen molar-refractivity contribution in [3.05, 3.63) is 147 Å². The average molecular weight is 739 g/mol. The fraction of sp³-hybridized carbons (Fsp3) is 0.275. The van der Waals surface area contributed by atoms with E-state index < -0.39 is 27.5 Å². The lowest BCUT2D eigenvalue weighted by molar-refractivity contribution is -0.145. The van der Waals surface area contributed by atoms with E-state index >= 15 is 0 Å². The number of aromatic amines is 1. The van der Waals surface area contributed by atoms with Gasteiger partial charge < -0.3 is 30.5 Å². The van der Waals surface area contributed by atoms with Crippen LogP contribution in [0.25, 0.3) is 10.9 Å². The highest BCUT2D eigenvalue weighted by atomic mass is 32.2. The third-order valence-electron chi connectivity index (χ3n) is 9.95. The number of carboxylic acid groups (broad SMARTS) is 1. The van der Waals surface area contributed by atoms with Crippen molar-refractivity contribution in [3.63, 3.8) is 0 Å². The van der Waals surface area contributed by atoms with Crippen molar-refractivity contribution in [1.82, 2.24) is 19.9 Å². The number of nitrogens with one attached hydrogen (secondary N) is 3. The zero-order valence-electron chi connectivity index (χ0n) is 29.0. The van der Waals surface area contributed by atoms with Gasteiger partial charge in [0.15, 0.2) is 0 Å². The number of H-pyrrole nitrogens is 1. The number of hydrogen-bond donors (Lipinski definition) is 6. The molecule has 276 valence electrons. The minimum Gasteiger partial charge on any atom is -0.506 e. The number of fused-ring (bicyclic) bond motifs is 1. The molecule has 1 aliphatic rings. The number of carboxylic acids is 1. The number of carbonyl (C=O) groups excluding carboxylic acids is 1. The van der Waals surface area contributed by atoms with Gasteiger partial charge in [-0.05, 0) is 71.3 Å². The summed E-state index contributed by atoms with van der Waals surface area (Å²) < 4.78 is 28.2. The van der Waals surface area contributed by atoms with Crippen LogP contribution >= 0.6 is 0 Å². The Kier molecular flexibility index (Phi) is 11.4. The first-order chi connectivity index (χ1) is 25.4. The Morgan fingerprint density at radius 2 is 1.47 bits per heavy atom. The van der Waals surface area contributed by atoms with Gasteiger partial charge in [0.1, 0.15) is 5.75 Å². The van der Waals surface area contributed by atoms with E-state index in [1.807, 2.05) is 54.6 Å². The Morgan fingerprint density at radius 3 is 2.15 bits per heavy atom. The van der Waals surface area contributed by atoms with E-state index in [4.69, 9.17) is 0 Å². The van der Waals surface area contributed by atoms with Crippen molar-refractivity contribution < 1.29 is 33.3 Å². The highest BCUT2D eigenvalue weighted by Crippen LogP contribution is 2.36. The molecule has 2 heterocycles. The average Bonchev–Trinajstić information content (AvgIpc) is 3.17. The maximum Gasteiger partial charge on any atom is 0.314 e. The highest BCUT2D eigenvalue weighted by molar-refractivity contribution is 7.89. The molecule has 6 N–H and O–H groups in total. The Bertz CT molecular complexity index is 2230. The Labute approximate surface area is 307 Å². The second kappa shape index (κ2) is 16.1. The molecule has 1 saturated heterocycles. The van der Waals surface area contributed by atoms with Crippen LogP contribution in [0.2, 0.25) is 0 Å². The number of nitrogens with zero attached hydrogens (tertiary/aromatic N) is 1. The third kappa shape index (κ3) is 8.83. The van der Waals surface area contributed by atoms with Gasteiger partial charge in [0, 0.05) is 49.7 Å². The number of rotatable bonds is 14. The van der Waals surface area contributed by atoms with Gasteiger partial charge in [-0.25, -0.2) is 13.1 Å². The fourth-order valence-corrected chi connectivity index (χ4v) is 7.81. The lowest BCUT2D eigenvalue weighted by Crippen LogP contribution is -2.49. The largest absolute Gasteiger partial charge is 0.506 e. The lowest BCUT2D eigenvalue weighted by atomic mass is 9.73. The van der Waals surface area contributed by atoms with E-state index in [9.17, 15) is 38.1 Å². The minimum absolute atomic E-state index is 0.0721. The molecule has 5 aromatic rings. The third-order valence-corrected chi connectivity index (χ3v) is 11.3. The number of hydrogen-bond acceptors (Lipinski definition) is 8. The van der Waals surface area contributed by atoms with Crippen molar-refractivity contribution in [2.75, 3.05) is 25.4 Å². The molecule has 1 aliphatic heterocycles. The number of benzene rings is 4. The molecule has 13 heteroatoms. The van der Waals surface area contributed by atoms with Crippen LogP contribution in [0.1, 0.15) is 57.1 Å². The molecule has 0 aliphatic carbocycles. The SMILES string of the molecule is O=C(c1ccc(CNS(=O)(=O)CCc2ccc(CNC[C@H](O)c3ccc(O)c4[nH]c(=O)ccc34)cc2)cc1)N1CCC(C(=O)O)(c2ccccc2)CC1. The van der Waals surface area contributed by atoms with E-state index in [0.29, 0.717) is 61.0 Å². The topological polar surface area (TPSA) is 189 Å². The van der Waals surface area contributed by atoms with Crippen LogP contribution in [0.5, 0.6) is 5.75 Å². The summed E-state index contributed by atoms with van der Waals surface area (Å²) in [6.07, 6.45) is 0.0634. The molecule has 1 aromatic heterocycles. The molecule has 4 aromatic carbocycles. The maximum absolute atomic E-state index is 13.2. The lowest BCUT2D eigenvalue weighted by Gasteiger charge is -2.39. The first-order valence-corrected chi connectivity index (χ1v) is 19.1. The van der Waals surface area contributed by atoms with Crippen molar-refractivity contribution in [1.29, 1.82) is 0 Å². The number of aliphatic hydroxyl groups excluding tert-OH is 1. The van der Waals surface area contributed by atoms with Crippen molar-refractivity contribution in [2.24, 2.45) is 0 Å². The molecule has 1 fully saturated rings. The summed E-state index contributed by atoms with van der Waals surface area (Å²) in [6.45, 7) is 1.40. The molecule has 6 rings (SSSR count). The number of piperidine rings is 1. The quantitative estimate of drug-likeness (QED) is 0.0980. The zero-order chi connectivity index (χ0) is 37.6. The smallest absolute Gasteiger partial charge is 0.314 e. The van der Waals surface area contributed by atoms with Gasteiger partial charge in [0.2, 0.25) is 15.6 Å². The van der Waals surface area contributed by atoms with Gasteiger partial charge in [-0.3, -0.25) is 14.4 Å². The number of aromatic nitrogens is 1. The molecule has 0 unspecified atom stereocenters. The molecule has 12 nitrogen and oxygen atoms in total. The second-order valence-corrected chi connectivity index (χ2v) is 15.3. The molecule has 0 radical (unpaired) electrons. The number of aliphatic hydroxyl groups is 1. The van der Waals surface area contributed by atoms with Gasteiger partial charge in [-0.15, -0.1) is 0 Å². The first kappa shape index (κ1) is 37.4. The van der Waals surface area contributed by atoms with Crippen molar-refractivity contribution in [2.45, 2.75) is 43.9 Å². The van der Waals surface area contributed by atoms with Crippen LogP contribution < -0.4 is 15.6 Å². The molecular weight excluding hydrogens is 697 g/mol. The summed E-state index contributed by atoms with van der Waals surface area (Å²) >= 11 is 0. The van der Waals surface area contributed by atoms with E-state index in [1.54, 1.807) is 41.3 Å². The number of sulfonamides is 1.